The summed E-state index contributed by atoms with van der Waals surface area (Å²) in [6, 6.07) is 6.23. The summed E-state index contributed by atoms with van der Waals surface area (Å²) in [4.78, 5) is 12.0. The molecule has 3 heteroatoms. The van der Waals surface area contributed by atoms with E-state index in [-0.39, 0.29) is 11.9 Å². The molecular weight excluding hydrogens is 240 g/mol. The van der Waals surface area contributed by atoms with Crippen LogP contribution in [0.4, 0.5) is 0 Å². The number of rotatable bonds is 7. The van der Waals surface area contributed by atoms with Crippen molar-refractivity contribution in [1.82, 2.24) is 0 Å². The van der Waals surface area contributed by atoms with Crippen molar-refractivity contribution in [2.45, 2.75) is 45.6 Å². The zero-order chi connectivity index (χ0) is 13.7. The summed E-state index contributed by atoms with van der Waals surface area (Å²) in [5.74, 6) is 1.21. The van der Waals surface area contributed by atoms with Gasteiger partial charge in [-0.25, -0.2) is 0 Å². The molecule has 0 spiro atoms. The number of carbonyl (C=O) groups excluding carboxylic acids is 1. The third-order valence-electron chi connectivity index (χ3n) is 3.51. The fourth-order valence-electron chi connectivity index (χ4n) is 2.46. The van der Waals surface area contributed by atoms with Gasteiger partial charge >= 0.3 is 0 Å². The highest BCUT2D eigenvalue weighted by Gasteiger charge is 2.17. The van der Waals surface area contributed by atoms with E-state index in [4.69, 9.17) is 9.47 Å². The molecular formula is C16H22O3. The number of ether oxygens (including phenoxy) is 2. The van der Waals surface area contributed by atoms with Crippen molar-refractivity contribution in [2.24, 2.45) is 0 Å². The first-order valence-electron chi connectivity index (χ1n) is 7.13. The minimum Gasteiger partial charge on any atom is -0.493 e. The fraction of sp³-hybridized carbons (Fsp3) is 0.562. The van der Waals surface area contributed by atoms with Crippen molar-refractivity contribution in [1.29, 1.82) is 0 Å². The molecule has 0 fully saturated rings. The lowest BCUT2D eigenvalue weighted by Crippen LogP contribution is -2.23. The first kappa shape index (κ1) is 14.1. The molecule has 1 aromatic rings. The van der Waals surface area contributed by atoms with Crippen LogP contribution in [-0.2, 0) is 22.4 Å². The van der Waals surface area contributed by atoms with Gasteiger partial charge < -0.3 is 9.47 Å². The number of aryl methyl sites for hydroxylation is 1. The van der Waals surface area contributed by atoms with Gasteiger partial charge in [-0.05, 0) is 37.0 Å². The van der Waals surface area contributed by atoms with Gasteiger partial charge in [0, 0.05) is 19.4 Å². The lowest BCUT2D eigenvalue weighted by Gasteiger charge is -2.13. The van der Waals surface area contributed by atoms with Crippen LogP contribution in [-0.4, -0.2) is 25.1 Å². The highest BCUT2D eigenvalue weighted by atomic mass is 16.5. The Kier molecular flexibility index (Phi) is 4.97. The van der Waals surface area contributed by atoms with E-state index < -0.39 is 0 Å². The fourth-order valence-corrected chi connectivity index (χ4v) is 2.46. The maximum atomic E-state index is 12.0. The monoisotopic (exact) mass is 262 g/mol. The van der Waals surface area contributed by atoms with Crippen LogP contribution < -0.4 is 4.74 Å². The molecule has 0 saturated carbocycles. The molecule has 0 saturated heterocycles. The van der Waals surface area contributed by atoms with Gasteiger partial charge in [0.15, 0.2) is 5.78 Å². The Morgan fingerprint density at radius 2 is 2.26 bits per heavy atom. The Bertz CT molecular complexity index is 440. The van der Waals surface area contributed by atoms with Crippen molar-refractivity contribution in [2.75, 3.05) is 13.2 Å². The largest absolute Gasteiger partial charge is 0.493 e. The van der Waals surface area contributed by atoms with Crippen LogP contribution in [0.15, 0.2) is 18.2 Å². The summed E-state index contributed by atoms with van der Waals surface area (Å²) in [5, 5.41) is 0. The van der Waals surface area contributed by atoms with Crippen LogP contribution in [0.25, 0.3) is 0 Å². The number of Topliss-reactive ketones (excluding diaryl/α,β-unsaturated/α-hetero) is 1. The van der Waals surface area contributed by atoms with Crippen LogP contribution in [0.3, 0.4) is 0 Å². The van der Waals surface area contributed by atoms with Crippen LogP contribution in [0.1, 0.15) is 37.8 Å². The Morgan fingerprint density at radius 1 is 1.42 bits per heavy atom. The minimum atomic E-state index is -0.234. The molecule has 0 amide bonds. The molecule has 0 radical (unpaired) electrons. The molecule has 1 atom stereocenters. The van der Waals surface area contributed by atoms with E-state index in [1.54, 1.807) is 0 Å². The Labute approximate surface area is 114 Å². The van der Waals surface area contributed by atoms with Gasteiger partial charge in [-0.15, -0.1) is 0 Å². The molecule has 0 N–H and O–H groups in total. The Balaban J connectivity index is 1.89. The van der Waals surface area contributed by atoms with Gasteiger partial charge in [-0.2, -0.15) is 0 Å². The van der Waals surface area contributed by atoms with E-state index in [1.165, 1.54) is 11.1 Å². The zero-order valence-corrected chi connectivity index (χ0v) is 11.8. The van der Waals surface area contributed by atoms with Gasteiger partial charge in [-0.3, -0.25) is 4.79 Å². The third-order valence-corrected chi connectivity index (χ3v) is 3.51. The van der Waals surface area contributed by atoms with Gasteiger partial charge in [0.1, 0.15) is 11.9 Å². The van der Waals surface area contributed by atoms with Crippen LogP contribution >= 0.6 is 0 Å². The molecule has 19 heavy (non-hydrogen) atoms. The average Bonchev–Trinajstić information content (AvgIpc) is 2.89. The van der Waals surface area contributed by atoms with Crippen LogP contribution in [0.2, 0.25) is 0 Å². The molecule has 1 aromatic carbocycles. The molecule has 0 aromatic heterocycles. The maximum Gasteiger partial charge on any atom is 0.161 e. The minimum absolute atomic E-state index is 0.209. The van der Waals surface area contributed by atoms with Gasteiger partial charge in [0.25, 0.3) is 0 Å². The molecule has 1 unspecified atom stereocenters. The Morgan fingerprint density at radius 3 is 3.00 bits per heavy atom. The van der Waals surface area contributed by atoms with E-state index >= 15 is 0 Å². The second-order valence-electron chi connectivity index (χ2n) is 4.86. The number of fused-ring (bicyclic) bond motifs is 1. The van der Waals surface area contributed by atoms with E-state index in [2.05, 4.69) is 12.1 Å². The summed E-state index contributed by atoms with van der Waals surface area (Å²) in [7, 11) is 0. The summed E-state index contributed by atoms with van der Waals surface area (Å²) >= 11 is 0. The molecule has 1 aliphatic heterocycles. The molecule has 0 bridgehead atoms. The van der Waals surface area contributed by atoms with Gasteiger partial charge in [0.2, 0.25) is 0 Å². The van der Waals surface area contributed by atoms with Gasteiger partial charge in [-0.1, -0.05) is 19.1 Å². The lowest BCUT2D eigenvalue weighted by atomic mass is 10.0. The lowest BCUT2D eigenvalue weighted by molar-refractivity contribution is -0.130. The summed E-state index contributed by atoms with van der Waals surface area (Å²) < 4.78 is 10.9. The summed E-state index contributed by atoms with van der Waals surface area (Å²) in [6.07, 6.45) is 2.84. The number of benzene rings is 1. The molecule has 0 aliphatic carbocycles. The number of hydrogen-bond donors (Lipinski definition) is 0. The first-order valence-corrected chi connectivity index (χ1v) is 7.13. The number of hydrogen-bond acceptors (Lipinski definition) is 3. The normalized spacial score (nSPS) is 14.8. The zero-order valence-electron chi connectivity index (χ0n) is 11.8. The van der Waals surface area contributed by atoms with E-state index in [9.17, 15) is 4.79 Å². The summed E-state index contributed by atoms with van der Waals surface area (Å²) in [6.45, 7) is 5.29. The topological polar surface area (TPSA) is 35.5 Å². The van der Waals surface area contributed by atoms with Crippen molar-refractivity contribution in [3.63, 3.8) is 0 Å². The predicted octanol–water partition coefficient (Wildman–Crippen LogP) is 2.94. The third kappa shape index (κ3) is 3.57. The quantitative estimate of drug-likeness (QED) is 0.758. The summed E-state index contributed by atoms with van der Waals surface area (Å²) in [5.41, 5.74) is 2.48. The smallest absolute Gasteiger partial charge is 0.161 e. The second-order valence-corrected chi connectivity index (χ2v) is 4.86. The number of carbonyl (C=O) groups is 1. The molecule has 1 aliphatic rings. The van der Waals surface area contributed by atoms with Gasteiger partial charge in [0.05, 0.1) is 6.61 Å². The molecule has 3 nitrogen and oxygen atoms in total. The molecule has 1 heterocycles. The highest BCUT2D eigenvalue weighted by Crippen LogP contribution is 2.26. The standard InChI is InChI=1S/C16H22O3/c1-3-15(18-4-2)14(17)7-5-12-6-8-16-13(11-12)9-10-19-16/h6,8,11,15H,3-5,7,9-10H2,1-2H3. The van der Waals surface area contributed by atoms with Crippen molar-refractivity contribution in [3.05, 3.63) is 29.3 Å². The molecule has 104 valence electrons. The van der Waals surface area contributed by atoms with Crippen molar-refractivity contribution >= 4 is 5.78 Å². The SMILES string of the molecule is CCOC(CC)C(=O)CCc1ccc2c(c1)CCO2. The van der Waals surface area contributed by atoms with E-state index in [1.807, 2.05) is 19.9 Å². The van der Waals surface area contributed by atoms with E-state index in [0.717, 1.165) is 31.6 Å². The highest BCUT2D eigenvalue weighted by molar-refractivity contribution is 5.83. The van der Waals surface area contributed by atoms with Crippen molar-refractivity contribution < 1.29 is 14.3 Å². The second kappa shape index (κ2) is 6.71. The van der Waals surface area contributed by atoms with E-state index in [0.29, 0.717) is 13.0 Å². The maximum absolute atomic E-state index is 12.0. The first-order chi connectivity index (χ1) is 9.24. The number of ketones is 1. The van der Waals surface area contributed by atoms with Crippen molar-refractivity contribution in [3.8, 4) is 5.75 Å². The van der Waals surface area contributed by atoms with Crippen LogP contribution in [0.5, 0.6) is 5.75 Å². The molecule has 2 rings (SSSR count). The van der Waals surface area contributed by atoms with Crippen LogP contribution in [0, 0.1) is 0 Å². The predicted molar refractivity (Wildman–Crippen MR) is 74.7 cm³/mol. The average molecular weight is 262 g/mol. The Hall–Kier alpha value is -1.35.